The lowest BCUT2D eigenvalue weighted by Gasteiger charge is -2.22. The number of aromatic nitrogens is 3. The number of hydrogen-bond acceptors (Lipinski definition) is 6. The second-order valence-electron chi connectivity index (χ2n) is 6.26. The summed E-state index contributed by atoms with van der Waals surface area (Å²) in [6.07, 6.45) is 0.00624. The molecule has 7 heteroatoms. The van der Waals surface area contributed by atoms with Crippen LogP contribution in [0.4, 0.5) is 0 Å². The van der Waals surface area contributed by atoms with Gasteiger partial charge >= 0.3 is 5.97 Å². The number of aliphatic hydroxyl groups is 1. The number of H-pyrrole nitrogens is 1. The molecule has 0 aliphatic rings. The summed E-state index contributed by atoms with van der Waals surface area (Å²) in [7, 11) is 2.80. The molecule has 2 aromatic carbocycles. The molecule has 1 unspecified atom stereocenters. The number of nitrogens with zero attached hydrogens (tertiary/aromatic N) is 2. The van der Waals surface area contributed by atoms with Crippen LogP contribution in [0.5, 0.6) is 5.75 Å². The number of aromatic amines is 1. The van der Waals surface area contributed by atoms with Crippen molar-refractivity contribution in [1.82, 2.24) is 15.2 Å². The largest absolute Gasteiger partial charge is 0.497 e. The molecule has 140 valence electrons. The van der Waals surface area contributed by atoms with Crippen molar-refractivity contribution in [3.8, 4) is 17.1 Å². The highest BCUT2D eigenvalue weighted by molar-refractivity contribution is 5.80. The maximum atomic E-state index is 12.4. The summed E-state index contributed by atoms with van der Waals surface area (Å²) < 4.78 is 10.1. The minimum atomic E-state index is -1.98. The number of benzene rings is 2. The van der Waals surface area contributed by atoms with E-state index in [9.17, 15) is 9.90 Å². The lowest BCUT2D eigenvalue weighted by atomic mass is 9.93. The lowest BCUT2D eigenvalue weighted by Crippen LogP contribution is -2.40. The van der Waals surface area contributed by atoms with E-state index in [0.29, 0.717) is 17.1 Å². The molecule has 3 rings (SSSR count). The Hall–Kier alpha value is -3.19. The zero-order valence-corrected chi connectivity index (χ0v) is 15.4. The van der Waals surface area contributed by atoms with Gasteiger partial charge in [0.25, 0.3) is 0 Å². The third-order valence-electron chi connectivity index (χ3n) is 4.25. The average Bonchev–Trinajstić information content (AvgIpc) is 3.18. The molecule has 0 saturated heterocycles. The summed E-state index contributed by atoms with van der Waals surface area (Å²) in [4.78, 5) is 16.7. The van der Waals surface area contributed by atoms with Crippen molar-refractivity contribution in [2.75, 3.05) is 14.2 Å². The van der Waals surface area contributed by atoms with Crippen LogP contribution in [-0.2, 0) is 21.6 Å². The van der Waals surface area contributed by atoms with Crippen molar-refractivity contribution in [3.05, 3.63) is 65.5 Å². The van der Waals surface area contributed by atoms with Gasteiger partial charge < -0.3 is 14.6 Å². The lowest BCUT2D eigenvalue weighted by molar-refractivity contribution is -0.164. The first kappa shape index (κ1) is 18.6. The van der Waals surface area contributed by atoms with Crippen molar-refractivity contribution in [2.45, 2.75) is 18.9 Å². The molecule has 2 N–H and O–H groups in total. The molecular formula is C20H21N3O4. The number of rotatable bonds is 6. The first-order valence-corrected chi connectivity index (χ1v) is 8.40. The highest BCUT2D eigenvalue weighted by Gasteiger charge is 2.43. The third-order valence-corrected chi connectivity index (χ3v) is 4.25. The fraction of sp³-hybridized carbons (Fsp3) is 0.250. The summed E-state index contributed by atoms with van der Waals surface area (Å²) in [5.41, 5.74) is 0.472. The van der Waals surface area contributed by atoms with E-state index in [4.69, 9.17) is 9.47 Å². The van der Waals surface area contributed by atoms with Crippen molar-refractivity contribution >= 4 is 5.97 Å². The predicted octanol–water partition coefficient (Wildman–Crippen LogP) is 2.39. The van der Waals surface area contributed by atoms with Crippen LogP contribution in [0, 0.1) is 6.92 Å². The standard InChI is InChI=1S/C20H21N3O4/c1-13-9-15(11-16(10-13)26-2)17-21-18(23-22-17)20(25,19(24)27-3)12-14-7-5-4-6-8-14/h4-11,25H,12H2,1-3H3,(H,21,22,23). The zero-order valence-electron chi connectivity index (χ0n) is 15.4. The Morgan fingerprint density at radius 2 is 1.93 bits per heavy atom. The van der Waals surface area contributed by atoms with Crippen LogP contribution < -0.4 is 4.74 Å². The number of carbonyl (C=O) groups is 1. The Morgan fingerprint density at radius 3 is 2.59 bits per heavy atom. The Bertz CT molecular complexity index is 939. The number of nitrogens with one attached hydrogen (secondary N) is 1. The minimum Gasteiger partial charge on any atom is -0.497 e. The minimum absolute atomic E-state index is 0.00624. The average molecular weight is 367 g/mol. The third kappa shape index (κ3) is 3.83. The van der Waals surface area contributed by atoms with Gasteiger partial charge in [-0.1, -0.05) is 30.3 Å². The normalized spacial score (nSPS) is 13.0. The Balaban J connectivity index is 2.00. The number of hydrogen-bond donors (Lipinski definition) is 2. The molecule has 0 amide bonds. The molecule has 1 atom stereocenters. The van der Waals surface area contributed by atoms with Crippen LogP contribution >= 0.6 is 0 Å². The Labute approximate surface area is 157 Å². The van der Waals surface area contributed by atoms with E-state index in [0.717, 1.165) is 11.1 Å². The molecule has 7 nitrogen and oxygen atoms in total. The molecule has 0 fully saturated rings. The number of aryl methyl sites for hydroxylation is 1. The quantitative estimate of drug-likeness (QED) is 0.649. The van der Waals surface area contributed by atoms with Crippen molar-refractivity contribution in [2.24, 2.45) is 0 Å². The van der Waals surface area contributed by atoms with Gasteiger partial charge in [-0.3, -0.25) is 5.10 Å². The van der Waals surface area contributed by atoms with E-state index < -0.39 is 11.6 Å². The van der Waals surface area contributed by atoms with Crippen molar-refractivity contribution in [3.63, 3.8) is 0 Å². The van der Waals surface area contributed by atoms with Gasteiger partial charge in [-0.15, -0.1) is 0 Å². The molecule has 0 radical (unpaired) electrons. The monoisotopic (exact) mass is 367 g/mol. The molecule has 0 spiro atoms. The fourth-order valence-corrected chi connectivity index (χ4v) is 2.88. The van der Waals surface area contributed by atoms with Gasteiger partial charge in [-0.25, -0.2) is 9.78 Å². The summed E-state index contributed by atoms with van der Waals surface area (Å²) in [6.45, 7) is 1.93. The second kappa shape index (κ2) is 7.59. The first-order valence-electron chi connectivity index (χ1n) is 8.40. The maximum absolute atomic E-state index is 12.4. The SMILES string of the molecule is COC(=O)C(O)(Cc1ccccc1)c1nc(-c2cc(C)cc(OC)c2)n[nH]1. The molecule has 1 aromatic heterocycles. The molecule has 0 bridgehead atoms. The molecule has 1 heterocycles. The van der Waals surface area contributed by atoms with Crippen molar-refractivity contribution in [1.29, 1.82) is 0 Å². The van der Waals surface area contributed by atoms with E-state index in [1.165, 1.54) is 7.11 Å². The summed E-state index contributed by atoms with van der Waals surface area (Å²) in [5, 5.41) is 17.9. The molecular weight excluding hydrogens is 346 g/mol. The van der Waals surface area contributed by atoms with Gasteiger partial charge in [-0.2, -0.15) is 5.10 Å². The zero-order chi connectivity index (χ0) is 19.4. The maximum Gasteiger partial charge on any atom is 0.346 e. The smallest absolute Gasteiger partial charge is 0.346 e. The summed E-state index contributed by atoms with van der Waals surface area (Å²) in [6, 6.07) is 14.7. The van der Waals surface area contributed by atoms with Gasteiger partial charge in [0.1, 0.15) is 5.75 Å². The molecule has 27 heavy (non-hydrogen) atoms. The van der Waals surface area contributed by atoms with E-state index in [-0.39, 0.29) is 12.2 Å². The van der Waals surface area contributed by atoms with E-state index in [2.05, 4.69) is 15.2 Å². The Morgan fingerprint density at radius 1 is 1.19 bits per heavy atom. The van der Waals surface area contributed by atoms with Crippen LogP contribution in [0.25, 0.3) is 11.4 Å². The van der Waals surface area contributed by atoms with Crippen LogP contribution in [0.2, 0.25) is 0 Å². The molecule has 0 saturated carbocycles. The summed E-state index contributed by atoms with van der Waals surface area (Å²) in [5.74, 6) is 0.232. The number of ether oxygens (including phenoxy) is 2. The molecule has 0 aliphatic carbocycles. The second-order valence-corrected chi connectivity index (χ2v) is 6.26. The van der Waals surface area contributed by atoms with Crippen LogP contribution in [0.15, 0.2) is 48.5 Å². The Kier molecular flexibility index (Phi) is 5.23. The van der Waals surface area contributed by atoms with Crippen LogP contribution in [0.3, 0.4) is 0 Å². The van der Waals surface area contributed by atoms with Crippen molar-refractivity contribution < 1.29 is 19.4 Å². The number of carbonyl (C=O) groups excluding carboxylic acids is 1. The van der Waals surface area contributed by atoms with Gasteiger partial charge in [0.2, 0.25) is 5.60 Å². The van der Waals surface area contributed by atoms with E-state index >= 15 is 0 Å². The summed E-state index contributed by atoms with van der Waals surface area (Å²) >= 11 is 0. The van der Waals surface area contributed by atoms with E-state index in [1.54, 1.807) is 13.2 Å². The van der Waals surface area contributed by atoms with E-state index in [1.807, 2.05) is 49.4 Å². The molecule has 3 aromatic rings. The van der Waals surface area contributed by atoms with Crippen LogP contribution in [0.1, 0.15) is 17.0 Å². The highest BCUT2D eigenvalue weighted by Crippen LogP contribution is 2.28. The molecule has 0 aliphatic heterocycles. The van der Waals surface area contributed by atoms with Crippen LogP contribution in [-0.4, -0.2) is 40.5 Å². The predicted molar refractivity (Wildman–Crippen MR) is 99.2 cm³/mol. The van der Waals surface area contributed by atoms with Gasteiger partial charge in [-0.05, 0) is 36.2 Å². The number of esters is 1. The first-order chi connectivity index (χ1) is 13.0. The van der Waals surface area contributed by atoms with Gasteiger partial charge in [0, 0.05) is 12.0 Å². The fourth-order valence-electron chi connectivity index (χ4n) is 2.88. The highest BCUT2D eigenvalue weighted by atomic mass is 16.5. The van der Waals surface area contributed by atoms with Gasteiger partial charge in [0.15, 0.2) is 11.6 Å². The van der Waals surface area contributed by atoms with Gasteiger partial charge in [0.05, 0.1) is 14.2 Å². The topological polar surface area (TPSA) is 97.3 Å². The number of methoxy groups -OCH3 is 2.